The van der Waals surface area contributed by atoms with E-state index < -0.39 is 0 Å². The summed E-state index contributed by atoms with van der Waals surface area (Å²) in [5, 5.41) is 3.02. The second-order valence-electron chi connectivity index (χ2n) is 6.69. The first-order valence-electron chi connectivity index (χ1n) is 8.87. The standard InChI is InChI=1S/C21H26N2O2/c1-16-5-3-4-6-18(16)15-23-13-11-17(12-14-23)21(24)22-19-7-9-20(25-2)10-8-19/h3-10,17H,11-15H2,1-2H3,(H,22,24). The van der Waals surface area contributed by atoms with Crippen molar-refractivity contribution < 1.29 is 9.53 Å². The summed E-state index contributed by atoms with van der Waals surface area (Å²) >= 11 is 0. The molecule has 0 aromatic heterocycles. The third-order valence-corrected chi connectivity index (χ3v) is 4.97. The highest BCUT2D eigenvalue weighted by Gasteiger charge is 2.25. The van der Waals surface area contributed by atoms with E-state index in [0.717, 1.165) is 43.9 Å². The molecule has 1 aliphatic rings. The van der Waals surface area contributed by atoms with Crippen LogP contribution in [0.15, 0.2) is 48.5 Å². The summed E-state index contributed by atoms with van der Waals surface area (Å²) in [6.07, 6.45) is 1.82. The molecular formula is C21H26N2O2. The van der Waals surface area contributed by atoms with E-state index in [4.69, 9.17) is 4.74 Å². The van der Waals surface area contributed by atoms with Crippen molar-refractivity contribution in [1.82, 2.24) is 4.90 Å². The van der Waals surface area contributed by atoms with Crippen LogP contribution in [-0.4, -0.2) is 31.0 Å². The number of likely N-dealkylation sites (tertiary alicyclic amines) is 1. The van der Waals surface area contributed by atoms with Crippen LogP contribution in [0.2, 0.25) is 0 Å². The van der Waals surface area contributed by atoms with Gasteiger partial charge in [0.15, 0.2) is 0 Å². The first kappa shape index (κ1) is 17.5. The molecule has 0 unspecified atom stereocenters. The second-order valence-corrected chi connectivity index (χ2v) is 6.69. The fourth-order valence-electron chi connectivity index (χ4n) is 3.30. The lowest BCUT2D eigenvalue weighted by molar-refractivity contribution is -0.121. The summed E-state index contributed by atoms with van der Waals surface area (Å²) in [5.74, 6) is 1.01. The number of rotatable bonds is 5. The topological polar surface area (TPSA) is 41.6 Å². The van der Waals surface area contributed by atoms with Crippen molar-refractivity contribution in [1.29, 1.82) is 0 Å². The van der Waals surface area contributed by atoms with Gasteiger partial charge in [-0.25, -0.2) is 0 Å². The minimum Gasteiger partial charge on any atom is -0.497 e. The molecule has 0 spiro atoms. The summed E-state index contributed by atoms with van der Waals surface area (Å²) in [4.78, 5) is 14.9. The lowest BCUT2D eigenvalue weighted by atomic mass is 9.95. The van der Waals surface area contributed by atoms with Gasteiger partial charge >= 0.3 is 0 Å². The van der Waals surface area contributed by atoms with Gasteiger partial charge in [0.2, 0.25) is 5.91 Å². The zero-order valence-corrected chi connectivity index (χ0v) is 15.0. The molecule has 0 radical (unpaired) electrons. The Morgan fingerprint density at radius 2 is 1.80 bits per heavy atom. The Bertz CT molecular complexity index is 704. The number of aryl methyl sites for hydroxylation is 1. The van der Waals surface area contributed by atoms with Crippen LogP contribution in [0.4, 0.5) is 5.69 Å². The van der Waals surface area contributed by atoms with E-state index in [1.54, 1.807) is 7.11 Å². The lowest BCUT2D eigenvalue weighted by Gasteiger charge is -2.31. The van der Waals surface area contributed by atoms with Crippen LogP contribution in [0.5, 0.6) is 5.75 Å². The lowest BCUT2D eigenvalue weighted by Crippen LogP contribution is -2.37. The molecule has 1 fully saturated rings. The van der Waals surface area contributed by atoms with Crippen molar-refractivity contribution in [2.75, 3.05) is 25.5 Å². The quantitative estimate of drug-likeness (QED) is 0.900. The molecule has 0 bridgehead atoms. The fraction of sp³-hybridized carbons (Fsp3) is 0.381. The zero-order chi connectivity index (χ0) is 17.6. The molecule has 1 amide bonds. The smallest absolute Gasteiger partial charge is 0.227 e. The van der Waals surface area contributed by atoms with E-state index >= 15 is 0 Å². The average molecular weight is 338 g/mol. The highest BCUT2D eigenvalue weighted by atomic mass is 16.5. The van der Waals surface area contributed by atoms with E-state index in [1.165, 1.54) is 11.1 Å². The average Bonchev–Trinajstić information content (AvgIpc) is 2.65. The van der Waals surface area contributed by atoms with Crippen molar-refractivity contribution >= 4 is 11.6 Å². The Labute approximate surface area is 149 Å². The van der Waals surface area contributed by atoms with E-state index in [2.05, 4.69) is 41.4 Å². The number of carbonyl (C=O) groups is 1. The largest absolute Gasteiger partial charge is 0.497 e. The minimum atomic E-state index is 0.0928. The van der Waals surface area contributed by atoms with Crippen molar-refractivity contribution in [3.63, 3.8) is 0 Å². The van der Waals surface area contributed by atoms with E-state index in [1.807, 2.05) is 24.3 Å². The van der Waals surface area contributed by atoms with Crippen LogP contribution in [-0.2, 0) is 11.3 Å². The molecule has 0 aliphatic carbocycles. The maximum atomic E-state index is 12.5. The summed E-state index contributed by atoms with van der Waals surface area (Å²) in [6, 6.07) is 16.0. The summed E-state index contributed by atoms with van der Waals surface area (Å²) in [5.41, 5.74) is 3.54. The molecular weight excluding hydrogens is 312 g/mol. The molecule has 25 heavy (non-hydrogen) atoms. The third kappa shape index (κ3) is 4.60. The van der Waals surface area contributed by atoms with Gasteiger partial charge in [-0.15, -0.1) is 0 Å². The van der Waals surface area contributed by atoms with Gasteiger partial charge in [-0.2, -0.15) is 0 Å². The molecule has 132 valence electrons. The molecule has 3 rings (SSSR count). The molecule has 0 atom stereocenters. The summed E-state index contributed by atoms with van der Waals surface area (Å²) in [7, 11) is 1.64. The number of nitrogens with zero attached hydrogens (tertiary/aromatic N) is 1. The second kappa shape index (κ2) is 8.17. The zero-order valence-electron chi connectivity index (χ0n) is 15.0. The van der Waals surface area contributed by atoms with Crippen molar-refractivity contribution in [3.05, 3.63) is 59.7 Å². The molecule has 0 saturated carbocycles. The predicted molar refractivity (Wildman–Crippen MR) is 101 cm³/mol. The van der Waals surface area contributed by atoms with Crippen LogP contribution >= 0.6 is 0 Å². The number of benzene rings is 2. The van der Waals surface area contributed by atoms with Crippen molar-refractivity contribution in [2.24, 2.45) is 5.92 Å². The molecule has 1 heterocycles. The fourth-order valence-corrected chi connectivity index (χ4v) is 3.30. The van der Waals surface area contributed by atoms with Gasteiger partial charge < -0.3 is 10.1 Å². The van der Waals surface area contributed by atoms with Gasteiger partial charge in [0.25, 0.3) is 0 Å². The number of hydrogen-bond donors (Lipinski definition) is 1. The molecule has 1 saturated heterocycles. The van der Waals surface area contributed by atoms with Crippen molar-refractivity contribution in [3.8, 4) is 5.75 Å². The predicted octanol–water partition coefficient (Wildman–Crippen LogP) is 3.85. The van der Waals surface area contributed by atoms with E-state index in [9.17, 15) is 4.79 Å². The molecule has 4 heteroatoms. The van der Waals surface area contributed by atoms with E-state index in [0.29, 0.717) is 0 Å². The van der Waals surface area contributed by atoms with Gasteiger partial charge in [0.1, 0.15) is 5.75 Å². The molecule has 1 aliphatic heterocycles. The number of carbonyl (C=O) groups excluding carboxylic acids is 1. The van der Waals surface area contributed by atoms with Crippen LogP contribution < -0.4 is 10.1 Å². The van der Waals surface area contributed by atoms with Gasteiger partial charge in [-0.1, -0.05) is 24.3 Å². The van der Waals surface area contributed by atoms with Gasteiger partial charge in [0, 0.05) is 18.2 Å². The summed E-state index contributed by atoms with van der Waals surface area (Å²) in [6.45, 7) is 5.06. The Kier molecular flexibility index (Phi) is 5.71. The number of piperidine rings is 1. The van der Waals surface area contributed by atoms with Crippen molar-refractivity contribution in [2.45, 2.75) is 26.3 Å². The normalized spacial score (nSPS) is 15.8. The number of anilines is 1. The number of ether oxygens (including phenoxy) is 1. The first-order valence-corrected chi connectivity index (χ1v) is 8.87. The number of hydrogen-bond acceptors (Lipinski definition) is 3. The monoisotopic (exact) mass is 338 g/mol. The Morgan fingerprint density at radius 1 is 1.12 bits per heavy atom. The Morgan fingerprint density at radius 3 is 2.44 bits per heavy atom. The van der Waals surface area contributed by atoms with Gasteiger partial charge in [-0.3, -0.25) is 9.69 Å². The highest BCUT2D eigenvalue weighted by Crippen LogP contribution is 2.22. The number of amides is 1. The Hall–Kier alpha value is -2.33. The van der Waals surface area contributed by atoms with Crippen LogP contribution in [0.1, 0.15) is 24.0 Å². The molecule has 2 aromatic carbocycles. The molecule has 2 aromatic rings. The van der Waals surface area contributed by atoms with Crippen LogP contribution in [0.3, 0.4) is 0 Å². The Balaban J connectivity index is 1.49. The molecule has 4 nitrogen and oxygen atoms in total. The van der Waals surface area contributed by atoms with Gasteiger partial charge in [-0.05, 0) is 68.2 Å². The highest BCUT2D eigenvalue weighted by molar-refractivity contribution is 5.92. The first-order chi connectivity index (χ1) is 12.2. The van der Waals surface area contributed by atoms with E-state index in [-0.39, 0.29) is 11.8 Å². The third-order valence-electron chi connectivity index (χ3n) is 4.97. The maximum absolute atomic E-state index is 12.5. The number of methoxy groups -OCH3 is 1. The number of nitrogens with one attached hydrogen (secondary N) is 1. The maximum Gasteiger partial charge on any atom is 0.227 e. The molecule has 1 N–H and O–H groups in total. The minimum absolute atomic E-state index is 0.0928. The van der Waals surface area contributed by atoms with Gasteiger partial charge in [0.05, 0.1) is 7.11 Å². The SMILES string of the molecule is COc1ccc(NC(=O)C2CCN(Cc3ccccc3C)CC2)cc1. The summed E-state index contributed by atoms with van der Waals surface area (Å²) < 4.78 is 5.14. The van der Waals surface area contributed by atoms with Crippen LogP contribution in [0.25, 0.3) is 0 Å². The van der Waals surface area contributed by atoms with Crippen LogP contribution in [0, 0.1) is 12.8 Å².